The maximum absolute atomic E-state index is 13.1. The van der Waals surface area contributed by atoms with Gasteiger partial charge >= 0.3 is 6.18 Å². The maximum Gasteiger partial charge on any atom is 0.419 e. The van der Waals surface area contributed by atoms with Gasteiger partial charge in [0.25, 0.3) is 0 Å². The van der Waals surface area contributed by atoms with E-state index in [1.165, 1.54) is 12.1 Å². The fourth-order valence-electron chi connectivity index (χ4n) is 2.06. The van der Waals surface area contributed by atoms with Crippen LogP contribution in [0.4, 0.5) is 13.2 Å². The van der Waals surface area contributed by atoms with Crippen LogP contribution in [0, 0.1) is 5.92 Å². The highest BCUT2D eigenvalue weighted by atomic mass is 32.2. The van der Waals surface area contributed by atoms with E-state index in [4.69, 9.17) is 4.74 Å². The molecule has 0 heterocycles. The first-order chi connectivity index (χ1) is 11.0. The normalized spacial score (nSPS) is 18.3. The van der Waals surface area contributed by atoms with Crippen molar-refractivity contribution in [1.82, 2.24) is 4.72 Å². The molecule has 2 rings (SSSR count). The Morgan fingerprint density at radius 2 is 1.92 bits per heavy atom. The quantitative estimate of drug-likeness (QED) is 0.751. The molecule has 1 N–H and O–H groups in total. The van der Waals surface area contributed by atoms with E-state index in [2.05, 4.69) is 4.72 Å². The molecular weight excluding hydrogens is 339 g/mol. The Balaban J connectivity index is 2.19. The molecule has 0 aromatic heterocycles. The van der Waals surface area contributed by atoms with Gasteiger partial charge in [-0.1, -0.05) is 6.07 Å². The number of hydrogen-bond acceptors (Lipinski definition) is 3. The van der Waals surface area contributed by atoms with E-state index in [1.54, 1.807) is 6.92 Å². The smallest absolute Gasteiger partial charge is 0.419 e. The van der Waals surface area contributed by atoms with Crippen molar-refractivity contribution in [2.75, 3.05) is 6.61 Å². The number of nitrogens with one attached hydrogen (secondary N) is 1. The van der Waals surface area contributed by atoms with Crippen LogP contribution in [0.25, 0.3) is 0 Å². The molecule has 0 aliphatic heterocycles. The van der Waals surface area contributed by atoms with Crippen molar-refractivity contribution in [1.29, 1.82) is 0 Å². The van der Waals surface area contributed by atoms with E-state index >= 15 is 0 Å². The molecule has 1 fully saturated rings. The van der Waals surface area contributed by atoms with Crippen molar-refractivity contribution >= 4 is 11.4 Å². The standard InChI is InChI=1S/C17H24F3NO2S/c1-11(21-24(22)16(2,3)4)13-7-8-14(17(18,19)20)15(9-13)23-10-12-5-6-12/h7-9,11-12,21H,5-6,10H2,1-4H3/t11?,24-/m0/s1. The molecule has 0 spiro atoms. The molecule has 0 saturated heterocycles. The van der Waals surface area contributed by atoms with Gasteiger partial charge in [-0.05, 0) is 64.2 Å². The highest BCUT2D eigenvalue weighted by molar-refractivity contribution is 7.90. The zero-order valence-electron chi connectivity index (χ0n) is 14.4. The molecule has 0 amide bonds. The van der Waals surface area contributed by atoms with Gasteiger partial charge in [0.15, 0.2) is 0 Å². The molecule has 1 aromatic rings. The topological polar surface area (TPSA) is 44.3 Å². The maximum atomic E-state index is 13.1. The van der Waals surface area contributed by atoms with E-state index < -0.39 is 27.8 Å². The summed E-state index contributed by atoms with van der Waals surface area (Å²) in [7, 11) is 0. The second-order valence-corrected chi connectivity index (χ2v) is 9.23. The molecule has 0 radical (unpaired) electrons. The first-order valence-electron chi connectivity index (χ1n) is 8.00. The zero-order chi connectivity index (χ0) is 18.1. The number of rotatable bonds is 6. The summed E-state index contributed by atoms with van der Waals surface area (Å²) in [5, 5.41) is 0. The van der Waals surface area contributed by atoms with Gasteiger partial charge in [0.2, 0.25) is 0 Å². The lowest BCUT2D eigenvalue weighted by molar-refractivity contribution is -0.139. The third-order valence-corrected chi connectivity index (χ3v) is 5.50. The van der Waals surface area contributed by atoms with Crippen molar-refractivity contribution in [2.45, 2.75) is 57.5 Å². The van der Waals surface area contributed by atoms with Crippen LogP contribution >= 0.6 is 0 Å². The number of alkyl halides is 3. The summed E-state index contributed by atoms with van der Waals surface area (Å²) in [6.45, 7) is 7.58. The Morgan fingerprint density at radius 3 is 2.42 bits per heavy atom. The van der Waals surface area contributed by atoms with Crippen LogP contribution < -0.4 is 9.46 Å². The number of ether oxygens (including phenoxy) is 1. The van der Waals surface area contributed by atoms with E-state index in [9.17, 15) is 17.7 Å². The Kier molecular flexibility index (Phi) is 5.77. The van der Waals surface area contributed by atoms with E-state index in [0.29, 0.717) is 18.1 Å². The van der Waals surface area contributed by atoms with Gasteiger partial charge in [-0.15, -0.1) is 4.72 Å². The van der Waals surface area contributed by atoms with Gasteiger partial charge in [0.1, 0.15) is 10.5 Å². The first-order valence-corrected chi connectivity index (χ1v) is 9.15. The van der Waals surface area contributed by atoms with Crippen molar-refractivity contribution in [2.24, 2.45) is 5.92 Å². The minimum absolute atomic E-state index is 0.151. The van der Waals surface area contributed by atoms with Crippen molar-refractivity contribution < 1.29 is 22.5 Å². The predicted octanol–water partition coefficient (Wildman–Crippen LogP) is 4.61. The fraction of sp³-hybridized carbons (Fsp3) is 0.647. The van der Waals surface area contributed by atoms with Crippen molar-refractivity contribution in [3.63, 3.8) is 0 Å². The lowest BCUT2D eigenvalue weighted by atomic mass is 10.1. The van der Waals surface area contributed by atoms with Crippen molar-refractivity contribution in [3.05, 3.63) is 29.3 Å². The van der Waals surface area contributed by atoms with Gasteiger partial charge in [-0.2, -0.15) is 13.2 Å². The van der Waals surface area contributed by atoms with E-state index in [-0.39, 0.29) is 11.8 Å². The molecular formula is C17H24F3NO2S. The summed E-state index contributed by atoms with van der Waals surface area (Å²) in [6.07, 6.45) is -2.45. The summed E-state index contributed by atoms with van der Waals surface area (Å²) in [5.74, 6) is 0.209. The number of hydrogen-bond donors (Lipinski definition) is 1. The van der Waals surface area contributed by atoms with Crippen LogP contribution in [0.15, 0.2) is 18.2 Å². The summed E-state index contributed by atoms with van der Waals surface area (Å²) in [6, 6.07) is 3.50. The van der Waals surface area contributed by atoms with Crippen LogP contribution in [-0.4, -0.2) is 15.9 Å². The van der Waals surface area contributed by atoms with Gasteiger partial charge in [0.05, 0.1) is 18.2 Å². The number of halogens is 3. The van der Waals surface area contributed by atoms with Gasteiger partial charge in [-0.3, -0.25) is 0 Å². The molecule has 1 aliphatic carbocycles. The van der Waals surface area contributed by atoms with Crippen LogP contribution in [-0.2, 0) is 17.5 Å². The minimum atomic E-state index is -4.46. The monoisotopic (exact) mass is 363 g/mol. The average molecular weight is 363 g/mol. The van der Waals surface area contributed by atoms with Crippen LogP contribution in [0.3, 0.4) is 0 Å². The Morgan fingerprint density at radius 1 is 1.29 bits per heavy atom. The summed E-state index contributed by atoms with van der Waals surface area (Å²) in [5.41, 5.74) is -0.151. The molecule has 1 saturated carbocycles. The van der Waals surface area contributed by atoms with E-state index in [0.717, 1.165) is 18.9 Å². The third-order valence-electron chi connectivity index (χ3n) is 3.82. The lowest BCUT2D eigenvalue weighted by Crippen LogP contribution is -2.40. The second-order valence-electron chi connectivity index (χ2n) is 7.23. The molecule has 136 valence electrons. The largest absolute Gasteiger partial charge is 0.598 e. The second kappa shape index (κ2) is 7.14. The SMILES string of the molecule is CC(N[S@@+]([O-])C(C)(C)C)c1ccc(C(F)(F)F)c(OCC2CC2)c1. The Hall–Kier alpha value is -0.920. The molecule has 3 nitrogen and oxygen atoms in total. The molecule has 0 bridgehead atoms. The highest BCUT2D eigenvalue weighted by Crippen LogP contribution is 2.39. The molecule has 7 heteroatoms. The molecule has 2 atom stereocenters. The molecule has 1 aromatic carbocycles. The Bertz CT molecular complexity index is 568. The predicted molar refractivity (Wildman–Crippen MR) is 89.1 cm³/mol. The van der Waals surface area contributed by atoms with Crippen LogP contribution in [0.1, 0.15) is 57.7 Å². The van der Waals surface area contributed by atoms with Crippen LogP contribution in [0.2, 0.25) is 0 Å². The average Bonchev–Trinajstić information content (AvgIpc) is 3.26. The minimum Gasteiger partial charge on any atom is -0.598 e. The van der Waals surface area contributed by atoms with Gasteiger partial charge in [0, 0.05) is 11.4 Å². The first kappa shape index (κ1) is 19.4. The third kappa shape index (κ3) is 5.29. The molecule has 1 unspecified atom stereocenters. The molecule has 1 aliphatic rings. The van der Waals surface area contributed by atoms with E-state index in [1.807, 2.05) is 20.8 Å². The summed E-state index contributed by atoms with van der Waals surface area (Å²) < 4.78 is 59.5. The van der Waals surface area contributed by atoms with Crippen LogP contribution in [0.5, 0.6) is 5.75 Å². The number of benzene rings is 1. The van der Waals surface area contributed by atoms with Crippen molar-refractivity contribution in [3.8, 4) is 5.75 Å². The van der Waals surface area contributed by atoms with Gasteiger partial charge in [-0.25, -0.2) is 0 Å². The Labute approximate surface area is 144 Å². The molecule has 24 heavy (non-hydrogen) atoms. The zero-order valence-corrected chi connectivity index (χ0v) is 15.2. The lowest BCUT2D eigenvalue weighted by Gasteiger charge is -2.27. The summed E-state index contributed by atoms with van der Waals surface area (Å²) >= 11 is -1.31. The van der Waals surface area contributed by atoms with Gasteiger partial charge < -0.3 is 9.29 Å². The summed E-state index contributed by atoms with van der Waals surface area (Å²) in [4.78, 5) is 0. The fourth-order valence-corrected chi connectivity index (χ4v) is 2.87. The highest BCUT2D eigenvalue weighted by Gasteiger charge is 2.36.